The smallest absolute Gasteiger partial charge is 0.416 e. The second kappa shape index (κ2) is 10.9. The van der Waals surface area contributed by atoms with Gasteiger partial charge in [0, 0.05) is 35.9 Å². The molecule has 39 heavy (non-hydrogen) atoms. The number of amides is 2. The van der Waals surface area contributed by atoms with Crippen molar-refractivity contribution in [3.63, 3.8) is 0 Å². The van der Waals surface area contributed by atoms with Crippen LogP contribution in [0.25, 0.3) is 10.9 Å². The maximum Gasteiger partial charge on any atom is 0.416 e. The van der Waals surface area contributed by atoms with E-state index >= 15 is 0 Å². The lowest BCUT2D eigenvalue weighted by Gasteiger charge is -2.41. The third kappa shape index (κ3) is 5.75. The molecule has 0 bridgehead atoms. The van der Waals surface area contributed by atoms with E-state index in [-0.39, 0.29) is 17.2 Å². The van der Waals surface area contributed by atoms with Crippen LogP contribution in [0.1, 0.15) is 48.3 Å². The molecule has 1 atom stereocenters. The third-order valence-electron chi connectivity index (χ3n) is 8.30. The summed E-state index contributed by atoms with van der Waals surface area (Å²) in [6.45, 7) is 3.46. The van der Waals surface area contributed by atoms with Crippen molar-refractivity contribution in [3.05, 3.63) is 65.4 Å². The first-order valence-electron chi connectivity index (χ1n) is 13.4. The number of urea groups is 1. The number of piperidine rings is 2. The molecule has 208 valence electrons. The fraction of sp³-hybridized carbons (Fsp3) is 0.448. The number of nitrogens with zero attached hydrogens (tertiary/aromatic N) is 2. The summed E-state index contributed by atoms with van der Waals surface area (Å²) < 4.78 is 39.7. The number of halogens is 3. The molecular formula is C29H33F3N4O3. The summed E-state index contributed by atoms with van der Waals surface area (Å²) >= 11 is 0. The van der Waals surface area contributed by atoms with Crippen LogP contribution < -0.4 is 5.32 Å². The van der Waals surface area contributed by atoms with Gasteiger partial charge in [-0.15, -0.1) is 0 Å². The topological polar surface area (TPSA) is 88.7 Å². The zero-order valence-electron chi connectivity index (χ0n) is 21.8. The number of likely N-dealkylation sites (tertiary alicyclic amines) is 2. The van der Waals surface area contributed by atoms with E-state index in [2.05, 4.69) is 33.5 Å². The summed E-state index contributed by atoms with van der Waals surface area (Å²) in [7, 11) is 0. The predicted octanol–water partition coefficient (Wildman–Crippen LogP) is 6.07. The Labute approximate surface area is 225 Å². The Morgan fingerprint density at radius 3 is 2.38 bits per heavy atom. The van der Waals surface area contributed by atoms with Crippen molar-refractivity contribution in [2.24, 2.45) is 5.92 Å². The van der Waals surface area contributed by atoms with Gasteiger partial charge < -0.3 is 20.3 Å². The number of carboxylic acids is 1. The molecule has 3 N–H and O–H groups in total. The minimum atomic E-state index is -4.50. The molecule has 7 nitrogen and oxygen atoms in total. The molecular weight excluding hydrogens is 509 g/mol. The number of hydrogen-bond donors (Lipinski definition) is 3. The van der Waals surface area contributed by atoms with Crippen LogP contribution in [0.5, 0.6) is 0 Å². The Kier molecular flexibility index (Phi) is 7.57. The van der Waals surface area contributed by atoms with Gasteiger partial charge in [-0.25, -0.2) is 4.79 Å². The Morgan fingerprint density at radius 2 is 1.72 bits per heavy atom. The highest BCUT2D eigenvalue weighted by molar-refractivity contribution is 5.89. The molecule has 3 heterocycles. The molecule has 2 amide bonds. The SMILES string of the molecule is Cc1ccc(NC(=O)N2CCC(C(C(=O)O)N3CCC(c4c[nH]c5ccccc45)CC3)CC2)cc1C(F)(F)F. The number of nitrogens with one attached hydrogen (secondary N) is 2. The van der Waals surface area contributed by atoms with Gasteiger partial charge in [0.25, 0.3) is 0 Å². The van der Waals surface area contributed by atoms with Crippen molar-refractivity contribution in [3.8, 4) is 0 Å². The van der Waals surface area contributed by atoms with E-state index in [1.54, 1.807) is 4.90 Å². The number of alkyl halides is 3. The van der Waals surface area contributed by atoms with Crippen LogP contribution in [-0.2, 0) is 11.0 Å². The molecule has 5 rings (SSSR count). The van der Waals surface area contributed by atoms with Crippen molar-refractivity contribution in [1.82, 2.24) is 14.8 Å². The van der Waals surface area contributed by atoms with Crippen LogP contribution in [0.2, 0.25) is 0 Å². The van der Waals surface area contributed by atoms with Gasteiger partial charge in [0.1, 0.15) is 6.04 Å². The first-order chi connectivity index (χ1) is 18.6. The second-order valence-corrected chi connectivity index (χ2v) is 10.7. The number of para-hydroxylation sites is 1. The molecule has 0 radical (unpaired) electrons. The number of fused-ring (bicyclic) bond motifs is 1. The monoisotopic (exact) mass is 542 g/mol. The molecule has 2 aliphatic heterocycles. The van der Waals surface area contributed by atoms with Gasteiger partial charge in [-0.3, -0.25) is 9.69 Å². The number of aromatic nitrogens is 1. The standard InChI is InChI=1S/C29H33F3N4O3/c1-18-6-7-21(16-24(18)29(30,31)32)34-28(39)36-14-10-20(11-15-36)26(27(37)38)35-12-8-19(9-13-35)23-17-33-25-5-3-2-4-22(23)25/h2-7,16-17,19-20,26,33H,8-15H2,1H3,(H,34,39)(H,37,38). The first-order valence-corrected chi connectivity index (χ1v) is 13.4. The summed E-state index contributed by atoms with van der Waals surface area (Å²) in [5.41, 5.74) is 1.79. The van der Waals surface area contributed by atoms with Crippen LogP contribution in [0.3, 0.4) is 0 Å². The molecule has 2 saturated heterocycles. The number of carbonyl (C=O) groups excluding carboxylic acids is 1. The van der Waals surface area contributed by atoms with Gasteiger partial charge in [0.15, 0.2) is 0 Å². The number of aromatic amines is 1. The number of hydrogen-bond acceptors (Lipinski definition) is 3. The summed E-state index contributed by atoms with van der Waals surface area (Å²) in [6.07, 6.45) is 0.371. The van der Waals surface area contributed by atoms with Crippen LogP contribution in [0, 0.1) is 12.8 Å². The fourth-order valence-electron chi connectivity index (χ4n) is 6.20. The maximum atomic E-state index is 13.2. The lowest BCUT2D eigenvalue weighted by molar-refractivity contribution is -0.147. The molecule has 10 heteroatoms. The minimum Gasteiger partial charge on any atom is -0.480 e. The van der Waals surface area contributed by atoms with Gasteiger partial charge in [-0.2, -0.15) is 13.2 Å². The highest BCUT2D eigenvalue weighted by Gasteiger charge is 2.38. The zero-order valence-corrected chi connectivity index (χ0v) is 21.8. The van der Waals surface area contributed by atoms with E-state index in [0.717, 1.165) is 24.4 Å². The highest BCUT2D eigenvalue weighted by atomic mass is 19.4. The average molecular weight is 543 g/mol. The molecule has 2 aromatic carbocycles. The number of carbonyl (C=O) groups is 2. The quantitative estimate of drug-likeness (QED) is 0.365. The van der Waals surface area contributed by atoms with Crippen molar-refractivity contribution in [2.75, 3.05) is 31.5 Å². The minimum absolute atomic E-state index is 0.0848. The van der Waals surface area contributed by atoms with E-state index in [1.165, 1.54) is 30.0 Å². The van der Waals surface area contributed by atoms with Crippen molar-refractivity contribution < 1.29 is 27.9 Å². The molecule has 0 saturated carbocycles. The number of aliphatic carboxylic acids is 1. The van der Waals surface area contributed by atoms with E-state index in [0.29, 0.717) is 44.9 Å². The number of aryl methyl sites for hydroxylation is 1. The number of anilines is 1. The summed E-state index contributed by atoms with van der Waals surface area (Å²) in [4.78, 5) is 32.1. The van der Waals surface area contributed by atoms with E-state index in [9.17, 15) is 27.9 Å². The van der Waals surface area contributed by atoms with Crippen LogP contribution >= 0.6 is 0 Å². The largest absolute Gasteiger partial charge is 0.480 e. The van der Waals surface area contributed by atoms with Crippen LogP contribution in [-0.4, -0.2) is 64.1 Å². The van der Waals surface area contributed by atoms with E-state index < -0.39 is 29.8 Å². The first kappa shape index (κ1) is 27.1. The van der Waals surface area contributed by atoms with Crippen molar-refractivity contribution in [2.45, 2.75) is 50.7 Å². The van der Waals surface area contributed by atoms with Gasteiger partial charge >= 0.3 is 18.2 Å². The highest BCUT2D eigenvalue weighted by Crippen LogP contribution is 2.36. The Balaban J connectivity index is 1.17. The molecule has 1 aromatic heterocycles. The van der Waals surface area contributed by atoms with Gasteiger partial charge in [0.2, 0.25) is 0 Å². The normalized spacial score (nSPS) is 18.8. The average Bonchev–Trinajstić information content (AvgIpc) is 3.34. The molecule has 0 aliphatic carbocycles. The zero-order chi connectivity index (χ0) is 27.7. The molecule has 0 spiro atoms. The third-order valence-corrected chi connectivity index (χ3v) is 8.30. The van der Waals surface area contributed by atoms with Gasteiger partial charge in [-0.1, -0.05) is 24.3 Å². The number of carboxylic acid groups (broad SMARTS) is 1. The summed E-state index contributed by atoms with van der Waals surface area (Å²) in [5, 5.41) is 13.9. The Bertz CT molecular complexity index is 1340. The van der Waals surface area contributed by atoms with Crippen LogP contribution in [0.4, 0.5) is 23.7 Å². The van der Waals surface area contributed by atoms with Gasteiger partial charge in [-0.05, 0) is 86.9 Å². The lowest BCUT2D eigenvalue weighted by atomic mass is 9.84. The van der Waals surface area contributed by atoms with Crippen LogP contribution in [0.15, 0.2) is 48.7 Å². The number of H-pyrrole nitrogens is 1. The second-order valence-electron chi connectivity index (χ2n) is 10.7. The lowest BCUT2D eigenvalue weighted by Crippen LogP contribution is -2.52. The molecule has 2 fully saturated rings. The summed E-state index contributed by atoms with van der Waals surface area (Å²) in [6, 6.07) is 10.8. The Morgan fingerprint density at radius 1 is 1.03 bits per heavy atom. The van der Waals surface area contributed by atoms with Crippen molar-refractivity contribution in [1.29, 1.82) is 0 Å². The van der Waals surface area contributed by atoms with Gasteiger partial charge in [0.05, 0.1) is 5.56 Å². The number of rotatable bonds is 5. The molecule has 1 unspecified atom stereocenters. The maximum absolute atomic E-state index is 13.2. The molecule has 3 aromatic rings. The van der Waals surface area contributed by atoms with E-state index in [4.69, 9.17) is 0 Å². The number of benzene rings is 2. The van der Waals surface area contributed by atoms with Crippen molar-refractivity contribution >= 4 is 28.6 Å². The van der Waals surface area contributed by atoms with E-state index in [1.807, 2.05) is 12.1 Å². The predicted molar refractivity (Wildman–Crippen MR) is 143 cm³/mol. The summed E-state index contributed by atoms with van der Waals surface area (Å²) in [5.74, 6) is -0.577. The molecule has 2 aliphatic rings. The fourth-order valence-corrected chi connectivity index (χ4v) is 6.20. The Hall–Kier alpha value is -3.53.